The highest BCUT2D eigenvalue weighted by Gasteiger charge is 2.34. The van der Waals surface area contributed by atoms with Gasteiger partial charge in [0.05, 0.1) is 6.10 Å². The number of aliphatic hydroxyl groups is 1. The summed E-state index contributed by atoms with van der Waals surface area (Å²) >= 11 is 0. The third-order valence-electron chi connectivity index (χ3n) is 6.75. The van der Waals surface area contributed by atoms with Gasteiger partial charge in [-0.15, -0.1) is 0 Å². The summed E-state index contributed by atoms with van der Waals surface area (Å²) in [6.45, 7) is 2.62. The summed E-state index contributed by atoms with van der Waals surface area (Å²) in [5.74, 6) is -3.86. The third kappa shape index (κ3) is 8.57. The molecule has 1 heterocycles. The molecule has 4 N–H and O–H groups in total. The number of nitrogens with one attached hydrogen (secondary N) is 2. The third-order valence-corrected chi connectivity index (χ3v) is 8.10. The molecular weight excluding hydrogens is 571 g/mol. The highest BCUT2D eigenvalue weighted by molar-refractivity contribution is 7.91. The summed E-state index contributed by atoms with van der Waals surface area (Å²) in [7, 11) is -4.38. The lowest BCUT2D eigenvalue weighted by Crippen LogP contribution is -2.32. The van der Waals surface area contributed by atoms with Crippen LogP contribution in [-0.2, 0) is 22.8 Å². The van der Waals surface area contributed by atoms with Crippen LogP contribution in [0.25, 0.3) is 10.9 Å². The smallest absolute Gasteiger partial charge is 0.402 e. The molecule has 0 aliphatic carbocycles. The number of hydrogen-bond acceptors (Lipinski definition) is 6. The molecule has 42 heavy (non-hydrogen) atoms. The number of halogens is 3. The first-order valence-electron chi connectivity index (χ1n) is 13.2. The molecule has 0 saturated carbocycles. The number of carbonyl (C=O) groups is 1. The highest BCUT2D eigenvalue weighted by Crippen LogP contribution is 2.25. The molecule has 0 spiro atoms. The van der Waals surface area contributed by atoms with Crippen molar-refractivity contribution < 1.29 is 36.6 Å². The van der Waals surface area contributed by atoms with Gasteiger partial charge in [0, 0.05) is 35.7 Å². The van der Waals surface area contributed by atoms with E-state index in [-0.39, 0.29) is 18.3 Å². The molecule has 2 atom stereocenters. The second-order valence-electron chi connectivity index (χ2n) is 10.3. The molecular formula is C30H32F3N3O5S. The Morgan fingerprint density at radius 3 is 2.29 bits per heavy atom. The van der Waals surface area contributed by atoms with E-state index in [1.165, 1.54) is 12.1 Å². The Labute approximate surface area is 241 Å². The van der Waals surface area contributed by atoms with Crippen LogP contribution in [-0.4, -0.2) is 59.6 Å². The maximum atomic E-state index is 12.4. The average Bonchev–Trinajstić information content (AvgIpc) is 3.28. The van der Waals surface area contributed by atoms with Gasteiger partial charge in [-0.05, 0) is 60.4 Å². The van der Waals surface area contributed by atoms with Gasteiger partial charge in [0.1, 0.15) is 17.3 Å². The lowest BCUT2D eigenvalue weighted by atomic mass is 10.0. The monoisotopic (exact) mass is 603 g/mol. The van der Waals surface area contributed by atoms with E-state index in [0.29, 0.717) is 18.7 Å². The van der Waals surface area contributed by atoms with Crippen molar-refractivity contribution in [2.45, 2.75) is 38.2 Å². The van der Waals surface area contributed by atoms with Crippen LogP contribution >= 0.6 is 0 Å². The Balaban J connectivity index is 1.42. The van der Waals surface area contributed by atoms with Crippen LogP contribution in [0, 0.1) is 0 Å². The second kappa shape index (κ2) is 13.0. The molecule has 2 unspecified atom stereocenters. The molecule has 1 aromatic heterocycles. The van der Waals surface area contributed by atoms with E-state index in [1.807, 2.05) is 55.5 Å². The second-order valence-corrected chi connectivity index (χ2v) is 12.3. The first-order chi connectivity index (χ1) is 19.8. The number of alkyl halides is 3. The number of anilines is 1. The van der Waals surface area contributed by atoms with Crippen LogP contribution in [0.2, 0.25) is 0 Å². The van der Waals surface area contributed by atoms with Crippen molar-refractivity contribution in [3.05, 3.63) is 101 Å². The standard InChI is InChI=1S/C30H32F3N3O5S/c1-20(34-16-28(37)23-5-3-2-4-6-23)13-22-9-12-26-24(14-22)15-27(29(38)39)36(26)17-21-7-10-25(11-8-21)35-19-42(40,41)18-30(31,32)33/h2-12,14-15,20,28,34-35,37H,13,16-19H2,1H3,(H,38,39). The topological polar surface area (TPSA) is 121 Å². The predicted octanol–water partition coefficient (Wildman–Crippen LogP) is 4.99. The molecule has 4 rings (SSSR count). The number of fused-ring (bicyclic) bond motifs is 1. The fourth-order valence-electron chi connectivity index (χ4n) is 4.73. The van der Waals surface area contributed by atoms with Crippen molar-refractivity contribution in [3.8, 4) is 0 Å². The number of rotatable bonds is 13. The van der Waals surface area contributed by atoms with Crippen molar-refractivity contribution in [1.29, 1.82) is 0 Å². The molecule has 8 nitrogen and oxygen atoms in total. The summed E-state index contributed by atoms with van der Waals surface area (Å²) in [4.78, 5) is 12.0. The lowest BCUT2D eigenvalue weighted by molar-refractivity contribution is -0.106. The number of aromatic nitrogens is 1. The summed E-state index contributed by atoms with van der Waals surface area (Å²) in [6.07, 6.45) is -4.78. The van der Waals surface area contributed by atoms with E-state index < -0.39 is 39.7 Å². The van der Waals surface area contributed by atoms with Crippen molar-refractivity contribution in [1.82, 2.24) is 9.88 Å². The number of benzene rings is 3. The first-order valence-corrected chi connectivity index (χ1v) is 15.0. The Bertz CT molecular complexity index is 1620. The van der Waals surface area contributed by atoms with Gasteiger partial charge in [-0.3, -0.25) is 0 Å². The molecule has 0 fully saturated rings. The molecule has 0 bridgehead atoms. The number of hydrogen-bond donors (Lipinski definition) is 4. The zero-order chi connectivity index (χ0) is 30.5. The van der Waals surface area contributed by atoms with Gasteiger partial charge in [-0.1, -0.05) is 48.5 Å². The fraction of sp³-hybridized carbons (Fsp3) is 0.300. The minimum Gasteiger partial charge on any atom is -0.477 e. The van der Waals surface area contributed by atoms with E-state index >= 15 is 0 Å². The number of carboxylic acid groups (broad SMARTS) is 1. The largest absolute Gasteiger partial charge is 0.477 e. The Morgan fingerprint density at radius 1 is 0.976 bits per heavy atom. The van der Waals surface area contributed by atoms with Crippen molar-refractivity contribution >= 4 is 32.4 Å². The Morgan fingerprint density at radius 2 is 1.64 bits per heavy atom. The van der Waals surface area contributed by atoms with Crippen molar-refractivity contribution in [3.63, 3.8) is 0 Å². The number of aliphatic hydroxyl groups excluding tert-OH is 1. The summed E-state index contributed by atoms with van der Waals surface area (Å²) in [5, 5.41) is 26.8. The lowest BCUT2D eigenvalue weighted by Gasteiger charge is -2.18. The van der Waals surface area contributed by atoms with E-state index in [4.69, 9.17) is 0 Å². The number of sulfone groups is 1. The van der Waals surface area contributed by atoms with E-state index in [0.717, 1.165) is 27.6 Å². The first kappa shape index (κ1) is 31.1. The molecule has 0 aliphatic heterocycles. The van der Waals surface area contributed by atoms with Crippen LogP contribution in [0.3, 0.4) is 0 Å². The maximum absolute atomic E-state index is 12.4. The normalized spacial score (nSPS) is 13.6. The minimum atomic E-state index is -4.81. The fourth-order valence-corrected chi connectivity index (χ4v) is 5.72. The van der Waals surface area contributed by atoms with Crippen LogP contribution in [0.1, 0.15) is 40.2 Å². The van der Waals surface area contributed by atoms with Gasteiger partial charge in [-0.25, -0.2) is 13.2 Å². The SMILES string of the molecule is CC(Cc1ccc2c(c1)cc(C(=O)O)n2Cc1ccc(NCS(=O)(=O)CC(F)(F)F)cc1)NCC(O)c1ccccc1. The zero-order valence-electron chi connectivity index (χ0n) is 22.8. The quantitative estimate of drug-likeness (QED) is 0.170. The van der Waals surface area contributed by atoms with Crippen LogP contribution < -0.4 is 10.6 Å². The van der Waals surface area contributed by atoms with E-state index in [1.54, 1.807) is 22.8 Å². The maximum Gasteiger partial charge on any atom is 0.402 e. The van der Waals surface area contributed by atoms with Gasteiger partial charge >= 0.3 is 12.1 Å². The van der Waals surface area contributed by atoms with Crippen LogP contribution in [0.15, 0.2) is 78.9 Å². The summed E-state index contributed by atoms with van der Waals surface area (Å²) in [6, 6.07) is 23.2. The number of aromatic carboxylic acids is 1. The van der Waals surface area contributed by atoms with Gasteiger partial charge in [0.25, 0.3) is 0 Å². The molecule has 0 amide bonds. The Kier molecular flexibility index (Phi) is 9.60. The van der Waals surface area contributed by atoms with Gasteiger partial charge < -0.3 is 25.4 Å². The Hall–Kier alpha value is -3.87. The van der Waals surface area contributed by atoms with Gasteiger partial charge in [-0.2, -0.15) is 13.2 Å². The molecule has 0 radical (unpaired) electrons. The zero-order valence-corrected chi connectivity index (χ0v) is 23.6. The number of nitrogens with zero attached hydrogens (tertiary/aromatic N) is 1. The van der Waals surface area contributed by atoms with Crippen molar-refractivity contribution in [2.75, 3.05) is 23.5 Å². The number of carboxylic acids is 1. The van der Waals surface area contributed by atoms with Crippen LogP contribution in [0.5, 0.6) is 0 Å². The van der Waals surface area contributed by atoms with Gasteiger partial charge in [0.2, 0.25) is 0 Å². The molecule has 0 aliphatic rings. The van der Waals surface area contributed by atoms with Crippen LogP contribution in [0.4, 0.5) is 18.9 Å². The highest BCUT2D eigenvalue weighted by atomic mass is 32.2. The van der Waals surface area contributed by atoms with Gasteiger partial charge in [0.15, 0.2) is 9.84 Å². The summed E-state index contributed by atoms with van der Waals surface area (Å²) < 4.78 is 62.3. The van der Waals surface area contributed by atoms with E-state index in [9.17, 15) is 36.6 Å². The molecule has 3 aromatic carbocycles. The predicted molar refractivity (Wildman–Crippen MR) is 155 cm³/mol. The van der Waals surface area contributed by atoms with Crippen molar-refractivity contribution in [2.24, 2.45) is 0 Å². The average molecular weight is 604 g/mol. The molecule has 0 saturated heterocycles. The molecule has 4 aromatic rings. The molecule has 12 heteroatoms. The molecule has 224 valence electrons. The minimum absolute atomic E-state index is 0.0532. The van der Waals surface area contributed by atoms with E-state index in [2.05, 4.69) is 10.6 Å². The summed E-state index contributed by atoms with van der Waals surface area (Å²) in [5.41, 5.74) is 3.70.